The minimum Gasteiger partial charge on any atom is -0.497 e. The molecular weight excluding hydrogens is 659 g/mol. The zero-order valence-electron chi connectivity index (χ0n) is 24.8. The fraction of sp³-hybridized carbons (Fsp3) is 0.394. The number of hydrogen-bond donors (Lipinski definition) is 1. The summed E-state index contributed by atoms with van der Waals surface area (Å²) in [6.07, 6.45) is -0.346. The molecule has 0 bridgehead atoms. The lowest BCUT2D eigenvalue weighted by molar-refractivity contribution is -0.149. The van der Waals surface area contributed by atoms with E-state index in [2.05, 4.69) is 60.8 Å². The molecule has 5 rings (SSSR count). The third-order valence-electron chi connectivity index (χ3n) is 9.24. The number of likely N-dealkylation sites (N-methyl/N-ethyl adjacent to an activating group) is 1. The van der Waals surface area contributed by atoms with Gasteiger partial charge in [0, 0.05) is 35.2 Å². The fourth-order valence-corrected chi connectivity index (χ4v) is 11.6. The molecule has 3 aromatic rings. The van der Waals surface area contributed by atoms with Crippen molar-refractivity contribution in [3.63, 3.8) is 0 Å². The molecule has 1 spiro atoms. The van der Waals surface area contributed by atoms with Gasteiger partial charge in [0.1, 0.15) is 5.75 Å². The van der Waals surface area contributed by atoms with Crippen LogP contribution in [0.5, 0.6) is 5.75 Å². The van der Waals surface area contributed by atoms with Crippen molar-refractivity contribution in [2.75, 3.05) is 32.2 Å². The van der Waals surface area contributed by atoms with Crippen molar-refractivity contribution in [3.8, 4) is 5.75 Å². The summed E-state index contributed by atoms with van der Waals surface area (Å²) < 4.78 is 13.5. The van der Waals surface area contributed by atoms with Gasteiger partial charge in [-0.2, -0.15) is 0 Å². The number of fused-ring (bicyclic) bond motifs is 2. The molecule has 0 aliphatic carbocycles. The summed E-state index contributed by atoms with van der Waals surface area (Å²) in [7, 11) is 1.11. The molecule has 0 aromatic heterocycles. The summed E-state index contributed by atoms with van der Waals surface area (Å²) in [5, 5.41) is 11.0. The van der Waals surface area contributed by atoms with Crippen molar-refractivity contribution in [3.05, 3.63) is 87.5 Å². The van der Waals surface area contributed by atoms with E-state index in [1.807, 2.05) is 54.6 Å². The molecular formula is C33H39IN2O5Si. The maximum Gasteiger partial charge on any atom is 0.264 e. The van der Waals surface area contributed by atoms with Gasteiger partial charge in [0.15, 0.2) is 5.60 Å². The van der Waals surface area contributed by atoms with Crippen LogP contribution in [0.25, 0.3) is 0 Å². The lowest BCUT2D eigenvalue weighted by Gasteiger charge is -2.37. The quantitative estimate of drug-likeness (QED) is 0.254. The van der Waals surface area contributed by atoms with Gasteiger partial charge in [-0.25, -0.2) is 0 Å². The number of ether oxygens (including phenoxy) is 2. The molecule has 0 saturated carbocycles. The van der Waals surface area contributed by atoms with Crippen LogP contribution in [0.2, 0.25) is 18.6 Å². The highest BCUT2D eigenvalue weighted by atomic mass is 127. The second-order valence-corrected chi connectivity index (χ2v) is 17.8. The average molecular weight is 699 g/mol. The zero-order chi connectivity index (χ0) is 30.2. The van der Waals surface area contributed by atoms with Gasteiger partial charge in [-0.15, -0.1) is 0 Å². The standard InChI is InChI=1S/C33H39IN2O5Si/c1-22-31(42(4,5)26-14-12-25(40-3)13-15-26)29(20-30(38)36(17-18-37)21-23-9-7-6-8-10-23)41-33(22)27-19-24(34)11-16-28(27)35(2)32(33)39/h6-16,19,22,29,31,37H,17-18,20-21H2,1-5H3/t22-,29+,31-,33+/m0/s1. The summed E-state index contributed by atoms with van der Waals surface area (Å²) in [4.78, 5) is 31.6. The van der Waals surface area contributed by atoms with Crippen LogP contribution in [0.15, 0.2) is 72.8 Å². The summed E-state index contributed by atoms with van der Waals surface area (Å²) in [5.74, 6) is 0.448. The van der Waals surface area contributed by atoms with Gasteiger partial charge in [0.2, 0.25) is 5.91 Å². The summed E-state index contributed by atoms with van der Waals surface area (Å²) in [6, 6.07) is 24.1. The molecule has 2 aliphatic heterocycles. The molecule has 3 aromatic carbocycles. The van der Waals surface area contributed by atoms with Crippen LogP contribution < -0.4 is 14.8 Å². The van der Waals surface area contributed by atoms with Gasteiger partial charge in [-0.1, -0.05) is 67.7 Å². The largest absolute Gasteiger partial charge is 0.497 e. The number of anilines is 1. The number of benzene rings is 3. The third-order valence-corrected chi connectivity index (χ3v) is 14.3. The predicted octanol–water partition coefficient (Wildman–Crippen LogP) is 4.90. The minimum atomic E-state index is -2.36. The van der Waals surface area contributed by atoms with E-state index in [4.69, 9.17) is 9.47 Å². The number of methoxy groups -OCH3 is 1. The van der Waals surface area contributed by atoms with Crippen LogP contribution in [-0.2, 0) is 26.5 Å². The van der Waals surface area contributed by atoms with Gasteiger partial charge < -0.3 is 24.4 Å². The van der Waals surface area contributed by atoms with E-state index in [9.17, 15) is 14.7 Å². The van der Waals surface area contributed by atoms with Crippen LogP contribution in [0.1, 0.15) is 24.5 Å². The normalized spacial score (nSPS) is 23.4. The monoisotopic (exact) mass is 698 g/mol. The average Bonchev–Trinajstić information content (AvgIpc) is 3.39. The van der Waals surface area contributed by atoms with Crippen molar-refractivity contribution in [1.82, 2.24) is 4.90 Å². The summed E-state index contributed by atoms with van der Waals surface area (Å²) in [5.41, 5.74) is 1.53. The van der Waals surface area contributed by atoms with Crippen molar-refractivity contribution in [2.45, 2.75) is 50.2 Å². The van der Waals surface area contributed by atoms with Gasteiger partial charge in [0.05, 0.1) is 40.0 Å². The predicted molar refractivity (Wildman–Crippen MR) is 176 cm³/mol. The number of halogens is 1. The summed E-state index contributed by atoms with van der Waals surface area (Å²) >= 11 is 2.28. The Kier molecular flexibility index (Phi) is 8.85. The molecule has 222 valence electrons. The third kappa shape index (κ3) is 5.29. The Morgan fingerprint density at radius 1 is 1.12 bits per heavy atom. The smallest absolute Gasteiger partial charge is 0.264 e. The van der Waals surface area contributed by atoms with Gasteiger partial charge >= 0.3 is 0 Å². The Morgan fingerprint density at radius 3 is 2.45 bits per heavy atom. The Labute approximate surface area is 263 Å². The van der Waals surface area contributed by atoms with Crippen LogP contribution in [-0.4, -0.2) is 63.3 Å². The van der Waals surface area contributed by atoms with Crippen molar-refractivity contribution < 1.29 is 24.2 Å². The molecule has 4 atom stereocenters. The Bertz CT molecular complexity index is 1450. The Morgan fingerprint density at radius 2 is 1.81 bits per heavy atom. The SMILES string of the molecule is COc1ccc([Si](C)(C)[C@@H]2[C@@H](CC(=O)N(CCO)Cc3ccccc3)O[C@]3(C(=O)N(C)c4ccc(I)cc43)[C@H]2C)cc1. The lowest BCUT2D eigenvalue weighted by Crippen LogP contribution is -2.52. The second-order valence-electron chi connectivity index (χ2n) is 11.9. The van der Waals surface area contributed by atoms with E-state index in [1.54, 1.807) is 24.0 Å². The van der Waals surface area contributed by atoms with Crippen LogP contribution in [0, 0.1) is 9.49 Å². The van der Waals surface area contributed by atoms with E-state index in [-0.39, 0.29) is 42.8 Å². The minimum absolute atomic E-state index is 0.0382. The molecule has 1 N–H and O–H groups in total. The number of aliphatic hydroxyl groups is 1. The number of nitrogens with zero attached hydrogens (tertiary/aromatic N) is 2. The van der Waals surface area contributed by atoms with E-state index < -0.39 is 19.8 Å². The molecule has 2 aliphatic rings. The van der Waals surface area contributed by atoms with Crippen molar-refractivity contribution in [1.29, 1.82) is 0 Å². The summed E-state index contributed by atoms with van der Waals surface area (Å²) in [6.45, 7) is 7.25. The molecule has 42 heavy (non-hydrogen) atoms. The lowest BCUT2D eigenvalue weighted by atomic mass is 9.82. The highest BCUT2D eigenvalue weighted by Gasteiger charge is 2.66. The number of hydrogen-bond acceptors (Lipinski definition) is 5. The maximum atomic E-state index is 14.2. The molecule has 1 saturated heterocycles. The number of carbonyl (C=O) groups excluding carboxylic acids is 2. The number of carbonyl (C=O) groups is 2. The molecule has 2 heterocycles. The van der Waals surface area contributed by atoms with E-state index in [0.29, 0.717) is 6.54 Å². The first-order valence-corrected chi connectivity index (χ1v) is 18.5. The van der Waals surface area contributed by atoms with Gasteiger partial charge in [0.25, 0.3) is 5.91 Å². The fourth-order valence-electron chi connectivity index (χ4n) is 7.11. The molecule has 1 fully saturated rings. The first-order valence-electron chi connectivity index (χ1n) is 14.4. The highest BCUT2D eigenvalue weighted by Crippen LogP contribution is 2.59. The van der Waals surface area contributed by atoms with E-state index >= 15 is 0 Å². The first-order chi connectivity index (χ1) is 20.0. The van der Waals surface area contributed by atoms with Crippen LogP contribution >= 0.6 is 22.6 Å². The Hall–Kier alpha value is -2.73. The van der Waals surface area contributed by atoms with E-state index in [1.165, 1.54) is 5.19 Å². The zero-order valence-corrected chi connectivity index (χ0v) is 28.0. The molecule has 0 radical (unpaired) electrons. The topological polar surface area (TPSA) is 79.3 Å². The van der Waals surface area contributed by atoms with Crippen LogP contribution in [0.3, 0.4) is 0 Å². The van der Waals surface area contributed by atoms with E-state index in [0.717, 1.165) is 26.1 Å². The maximum absolute atomic E-state index is 14.2. The second kappa shape index (κ2) is 12.1. The molecule has 2 amide bonds. The van der Waals surface area contributed by atoms with Crippen molar-refractivity contribution >= 4 is 53.4 Å². The van der Waals surface area contributed by atoms with Crippen molar-refractivity contribution in [2.24, 2.45) is 5.92 Å². The van der Waals surface area contributed by atoms with Gasteiger partial charge in [-0.05, 0) is 64.0 Å². The molecule has 0 unspecified atom stereocenters. The molecule has 7 nitrogen and oxygen atoms in total. The number of rotatable bonds is 9. The van der Waals surface area contributed by atoms with Crippen LogP contribution in [0.4, 0.5) is 5.69 Å². The Balaban J connectivity index is 1.56. The molecule has 9 heteroatoms. The highest BCUT2D eigenvalue weighted by molar-refractivity contribution is 14.1. The van der Waals surface area contributed by atoms with Gasteiger partial charge in [-0.3, -0.25) is 9.59 Å². The first kappa shape index (κ1) is 30.7. The number of amides is 2. The number of aliphatic hydroxyl groups excluding tert-OH is 1.